The fraction of sp³-hybridized carbons (Fsp3) is 0.296. The van der Waals surface area contributed by atoms with Gasteiger partial charge in [0.05, 0.1) is 29.1 Å². The van der Waals surface area contributed by atoms with Crippen molar-refractivity contribution in [3.8, 4) is 23.1 Å². The highest BCUT2D eigenvalue weighted by Gasteiger charge is 2.26. The quantitative estimate of drug-likeness (QED) is 0.333. The molecule has 1 amide bonds. The number of carbonyl (C=O) groups excluding carboxylic acids is 1. The summed E-state index contributed by atoms with van der Waals surface area (Å²) >= 11 is 0. The van der Waals surface area contributed by atoms with Crippen LogP contribution in [0.2, 0.25) is 0 Å². The highest BCUT2D eigenvalue weighted by molar-refractivity contribution is 5.95. The first-order chi connectivity index (χ1) is 17.0. The van der Waals surface area contributed by atoms with Crippen LogP contribution in [-0.2, 0) is 17.9 Å². The van der Waals surface area contributed by atoms with Crippen molar-refractivity contribution in [3.63, 3.8) is 0 Å². The van der Waals surface area contributed by atoms with Crippen LogP contribution < -0.4 is 10.1 Å². The van der Waals surface area contributed by atoms with Gasteiger partial charge in [0.15, 0.2) is 6.61 Å². The smallest absolute Gasteiger partial charge is 0.411 e. The van der Waals surface area contributed by atoms with Crippen molar-refractivity contribution in [2.75, 3.05) is 5.32 Å². The molecule has 0 spiro atoms. The minimum atomic E-state index is -0.495. The summed E-state index contributed by atoms with van der Waals surface area (Å²) in [6, 6.07) is 15.7. The van der Waals surface area contributed by atoms with Crippen molar-refractivity contribution in [1.82, 2.24) is 9.55 Å². The van der Waals surface area contributed by atoms with Gasteiger partial charge in [-0.3, -0.25) is 5.32 Å². The summed E-state index contributed by atoms with van der Waals surface area (Å²) in [7, 11) is 0. The van der Waals surface area contributed by atoms with Gasteiger partial charge in [-0.15, -0.1) is 0 Å². The molecule has 1 aliphatic carbocycles. The monoisotopic (exact) mass is 470 g/mol. The maximum Gasteiger partial charge on any atom is 0.411 e. The number of nitriles is 1. The first kappa shape index (κ1) is 22.5. The minimum Gasteiger partial charge on any atom is -0.484 e. The molecule has 178 valence electrons. The van der Waals surface area contributed by atoms with Crippen LogP contribution in [0.1, 0.15) is 38.1 Å². The summed E-state index contributed by atoms with van der Waals surface area (Å²) in [5.41, 5.74) is 3.99. The Labute approximate surface area is 203 Å². The van der Waals surface area contributed by atoms with Gasteiger partial charge < -0.3 is 18.5 Å². The zero-order valence-corrected chi connectivity index (χ0v) is 19.7. The Hall–Kier alpha value is -4.25. The average Bonchev–Trinajstić information content (AvgIpc) is 3.40. The Bertz CT molecular complexity index is 1380. The molecule has 0 atom stereocenters. The van der Waals surface area contributed by atoms with E-state index in [1.807, 2.05) is 42.5 Å². The molecule has 35 heavy (non-hydrogen) atoms. The highest BCUT2D eigenvalue weighted by atomic mass is 16.6. The number of hydrogen-bond donors (Lipinski definition) is 1. The minimum absolute atomic E-state index is 0.199. The zero-order valence-electron chi connectivity index (χ0n) is 19.7. The van der Waals surface area contributed by atoms with Gasteiger partial charge in [0.2, 0.25) is 5.89 Å². The Balaban J connectivity index is 1.50. The van der Waals surface area contributed by atoms with E-state index < -0.39 is 6.09 Å². The molecule has 1 N–H and O–H groups in total. The van der Waals surface area contributed by atoms with Crippen LogP contribution in [0.25, 0.3) is 22.2 Å². The number of aromatic nitrogens is 2. The second kappa shape index (κ2) is 9.55. The number of ether oxygens (including phenoxy) is 2. The van der Waals surface area contributed by atoms with Gasteiger partial charge in [0.1, 0.15) is 18.1 Å². The number of nitrogens with zero attached hydrogens (tertiary/aromatic N) is 3. The van der Waals surface area contributed by atoms with Gasteiger partial charge in [0, 0.05) is 23.7 Å². The number of hydrogen-bond acceptors (Lipinski definition) is 6. The maximum absolute atomic E-state index is 11.9. The van der Waals surface area contributed by atoms with Gasteiger partial charge in [-0.1, -0.05) is 12.1 Å². The number of benzene rings is 2. The first-order valence-corrected chi connectivity index (χ1v) is 11.7. The Morgan fingerprint density at radius 3 is 2.71 bits per heavy atom. The van der Waals surface area contributed by atoms with Crippen LogP contribution in [0, 0.1) is 17.2 Å². The van der Waals surface area contributed by atoms with Gasteiger partial charge in [-0.25, -0.2) is 9.78 Å². The molecule has 8 nitrogen and oxygen atoms in total. The standard InChI is InChI=1S/C27H26N4O4/c1-17(2)35-27(32)30-20-7-5-19(6-8-20)26-23(14-28)22-10-9-21(34-16-25-29-11-12-33-25)13-24(22)31(26)15-18-3-4-18/h5-13,17-18H,3-4,15-16H2,1-2H3,(H,30,32). The van der Waals surface area contributed by atoms with Crippen LogP contribution in [0.15, 0.2) is 59.3 Å². The van der Waals surface area contributed by atoms with E-state index in [4.69, 9.17) is 13.9 Å². The lowest BCUT2D eigenvalue weighted by Gasteiger charge is -2.13. The number of amides is 1. The summed E-state index contributed by atoms with van der Waals surface area (Å²) in [6.07, 6.45) is 4.77. The van der Waals surface area contributed by atoms with E-state index in [2.05, 4.69) is 20.9 Å². The fourth-order valence-corrected chi connectivity index (χ4v) is 4.12. The topological polar surface area (TPSA) is 102 Å². The van der Waals surface area contributed by atoms with E-state index in [0.29, 0.717) is 28.8 Å². The molecule has 0 bridgehead atoms. The largest absolute Gasteiger partial charge is 0.484 e. The normalized spacial score (nSPS) is 13.1. The molecule has 2 aromatic heterocycles. The van der Waals surface area contributed by atoms with Crippen molar-refractivity contribution >= 4 is 22.7 Å². The third kappa shape index (κ3) is 4.99. The summed E-state index contributed by atoms with van der Waals surface area (Å²) < 4.78 is 18.5. The SMILES string of the molecule is CC(C)OC(=O)Nc1ccc(-c2c(C#N)c3ccc(OCc4ncco4)cc3n2CC2CC2)cc1. The van der Waals surface area contributed by atoms with Crippen molar-refractivity contribution in [3.05, 3.63) is 66.4 Å². The first-order valence-electron chi connectivity index (χ1n) is 11.7. The van der Waals surface area contributed by atoms with E-state index >= 15 is 0 Å². The lowest BCUT2D eigenvalue weighted by atomic mass is 10.1. The highest BCUT2D eigenvalue weighted by Crippen LogP contribution is 2.39. The number of rotatable bonds is 8. The Kier molecular flexibility index (Phi) is 6.15. The Morgan fingerprint density at radius 2 is 2.06 bits per heavy atom. The molecule has 2 aromatic carbocycles. The average molecular weight is 471 g/mol. The van der Waals surface area contributed by atoms with Crippen molar-refractivity contribution < 1.29 is 18.7 Å². The van der Waals surface area contributed by atoms with Gasteiger partial charge in [-0.05, 0) is 62.4 Å². The lowest BCUT2D eigenvalue weighted by Crippen LogP contribution is -2.17. The van der Waals surface area contributed by atoms with E-state index in [-0.39, 0.29) is 12.7 Å². The predicted molar refractivity (Wildman–Crippen MR) is 131 cm³/mol. The number of fused-ring (bicyclic) bond motifs is 1. The molecule has 0 aliphatic heterocycles. The summed E-state index contributed by atoms with van der Waals surface area (Å²) in [6.45, 7) is 4.66. The second-order valence-electron chi connectivity index (χ2n) is 8.94. The van der Waals surface area contributed by atoms with Crippen LogP contribution >= 0.6 is 0 Å². The molecular formula is C27H26N4O4. The zero-order chi connectivity index (χ0) is 24.4. The van der Waals surface area contributed by atoms with Gasteiger partial charge in [-0.2, -0.15) is 5.26 Å². The third-order valence-corrected chi connectivity index (χ3v) is 5.88. The summed E-state index contributed by atoms with van der Waals surface area (Å²) in [5, 5.41) is 13.7. The molecule has 0 saturated heterocycles. The number of anilines is 1. The van der Waals surface area contributed by atoms with E-state index in [1.165, 1.54) is 19.1 Å². The van der Waals surface area contributed by atoms with Crippen molar-refractivity contribution in [2.24, 2.45) is 5.92 Å². The molecule has 1 saturated carbocycles. The number of nitrogens with one attached hydrogen (secondary N) is 1. The van der Waals surface area contributed by atoms with Crippen molar-refractivity contribution in [2.45, 2.75) is 45.9 Å². The Morgan fingerprint density at radius 1 is 1.26 bits per heavy atom. The maximum atomic E-state index is 11.9. The summed E-state index contributed by atoms with van der Waals surface area (Å²) in [5.74, 6) is 1.78. The van der Waals surface area contributed by atoms with Crippen molar-refractivity contribution in [1.29, 1.82) is 5.26 Å². The van der Waals surface area contributed by atoms with Gasteiger partial charge >= 0.3 is 6.09 Å². The fourth-order valence-electron chi connectivity index (χ4n) is 4.12. The summed E-state index contributed by atoms with van der Waals surface area (Å²) in [4.78, 5) is 16.0. The molecule has 0 radical (unpaired) electrons. The molecule has 2 heterocycles. The van der Waals surface area contributed by atoms with E-state index in [9.17, 15) is 10.1 Å². The third-order valence-electron chi connectivity index (χ3n) is 5.88. The van der Waals surface area contributed by atoms with E-state index in [1.54, 1.807) is 20.0 Å². The second-order valence-corrected chi connectivity index (χ2v) is 8.94. The molecule has 1 aliphatic rings. The van der Waals surface area contributed by atoms with Crippen LogP contribution in [0.5, 0.6) is 5.75 Å². The van der Waals surface area contributed by atoms with Crippen LogP contribution in [0.3, 0.4) is 0 Å². The molecule has 1 fully saturated rings. The molecule has 8 heteroatoms. The number of oxazole rings is 1. The molecule has 5 rings (SSSR count). The number of carbonyl (C=O) groups is 1. The van der Waals surface area contributed by atoms with Crippen LogP contribution in [-0.4, -0.2) is 21.7 Å². The predicted octanol–water partition coefficient (Wildman–Crippen LogP) is 6.11. The van der Waals surface area contributed by atoms with E-state index in [0.717, 1.165) is 28.7 Å². The molecule has 4 aromatic rings. The molecular weight excluding hydrogens is 444 g/mol. The van der Waals surface area contributed by atoms with Gasteiger partial charge in [0.25, 0.3) is 0 Å². The molecule has 0 unspecified atom stereocenters. The van der Waals surface area contributed by atoms with Crippen LogP contribution in [0.4, 0.5) is 10.5 Å². The lowest BCUT2D eigenvalue weighted by molar-refractivity contribution is 0.130.